The van der Waals surface area contributed by atoms with E-state index >= 15 is 0 Å². The van der Waals surface area contributed by atoms with Crippen molar-refractivity contribution in [2.24, 2.45) is 0 Å². The summed E-state index contributed by atoms with van der Waals surface area (Å²) in [6.45, 7) is 12.3. The third-order valence-electron chi connectivity index (χ3n) is 4.02. The van der Waals surface area contributed by atoms with Crippen molar-refractivity contribution >= 4 is 0 Å². The van der Waals surface area contributed by atoms with Crippen LogP contribution in [0.4, 0.5) is 0 Å². The Bertz CT molecular complexity index is 201. The minimum atomic E-state index is 0.366. The van der Waals surface area contributed by atoms with Crippen molar-refractivity contribution in [3.63, 3.8) is 0 Å². The fourth-order valence-corrected chi connectivity index (χ4v) is 2.93. The number of hydrogen-bond donors (Lipinski definition) is 0. The Kier molecular flexibility index (Phi) is 3.36. The molecule has 2 aliphatic rings. The summed E-state index contributed by atoms with van der Waals surface area (Å²) >= 11 is 0. The van der Waals surface area contributed by atoms with E-state index in [0.717, 1.165) is 6.04 Å². The molecule has 0 aliphatic carbocycles. The van der Waals surface area contributed by atoms with Crippen molar-refractivity contribution in [3.05, 3.63) is 0 Å². The van der Waals surface area contributed by atoms with Crippen molar-refractivity contribution in [2.75, 3.05) is 26.2 Å². The van der Waals surface area contributed by atoms with Gasteiger partial charge in [-0.05, 0) is 53.1 Å². The van der Waals surface area contributed by atoms with E-state index in [-0.39, 0.29) is 0 Å². The molecule has 0 spiro atoms. The van der Waals surface area contributed by atoms with Crippen molar-refractivity contribution < 1.29 is 0 Å². The molecule has 2 aliphatic heterocycles. The van der Waals surface area contributed by atoms with Gasteiger partial charge in [0.05, 0.1) is 0 Å². The molecule has 2 rings (SSSR count). The molecule has 0 aromatic carbocycles. The minimum Gasteiger partial charge on any atom is -0.299 e. The van der Waals surface area contributed by atoms with Gasteiger partial charge in [0, 0.05) is 24.7 Å². The van der Waals surface area contributed by atoms with Gasteiger partial charge >= 0.3 is 0 Å². The fraction of sp³-hybridized carbons (Fsp3) is 1.00. The first-order valence-corrected chi connectivity index (χ1v) is 6.56. The molecule has 2 saturated heterocycles. The van der Waals surface area contributed by atoms with Crippen LogP contribution in [0.1, 0.15) is 46.5 Å². The van der Waals surface area contributed by atoms with E-state index in [2.05, 4.69) is 30.6 Å². The van der Waals surface area contributed by atoms with E-state index in [0.29, 0.717) is 5.54 Å². The van der Waals surface area contributed by atoms with Crippen molar-refractivity contribution in [3.8, 4) is 0 Å². The molecule has 0 N–H and O–H groups in total. The minimum absolute atomic E-state index is 0.366. The first kappa shape index (κ1) is 11.4. The van der Waals surface area contributed by atoms with E-state index in [9.17, 15) is 0 Å². The first-order chi connectivity index (χ1) is 7.07. The fourth-order valence-electron chi connectivity index (χ4n) is 2.93. The van der Waals surface area contributed by atoms with Crippen LogP contribution in [-0.2, 0) is 0 Å². The molecule has 0 aromatic heterocycles. The normalized spacial score (nSPS) is 31.0. The van der Waals surface area contributed by atoms with Crippen LogP contribution in [0.15, 0.2) is 0 Å². The summed E-state index contributed by atoms with van der Waals surface area (Å²) in [7, 11) is 0. The molecule has 2 fully saturated rings. The third-order valence-corrected chi connectivity index (χ3v) is 4.02. The molecule has 0 saturated carbocycles. The lowest BCUT2D eigenvalue weighted by Crippen LogP contribution is -2.44. The van der Waals surface area contributed by atoms with E-state index < -0.39 is 0 Å². The zero-order valence-corrected chi connectivity index (χ0v) is 10.6. The van der Waals surface area contributed by atoms with Gasteiger partial charge in [0.1, 0.15) is 0 Å². The van der Waals surface area contributed by atoms with Crippen LogP contribution in [0.2, 0.25) is 0 Å². The Morgan fingerprint density at radius 2 is 1.60 bits per heavy atom. The zero-order chi connectivity index (χ0) is 10.9. The van der Waals surface area contributed by atoms with Crippen molar-refractivity contribution in [1.82, 2.24) is 9.80 Å². The Morgan fingerprint density at radius 3 is 2.13 bits per heavy atom. The lowest BCUT2D eigenvalue weighted by Gasteiger charge is -2.35. The van der Waals surface area contributed by atoms with Gasteiger partial charge in [0.2, 0.25) is 0 Å². The maximum Gasteiger partial charge on any atom is 0.0235 e. The van der Waals surface area contributed by atoms with Crippen LogP contribution < -0.4 is 0 Å². The molecule has 2 nitrogen and oxygen atoms in total. The number of nitrogens with zero attached hydrogens (tertiary/aromatic N) is 2. The summed E-state index contributed by atoms with van der Waals surface area (Å²) in [4.78, 5) is 5.38. The number of hydrogen-bond acceptors (Lipinski definition) is 2. The second-order valence-corrected chi connectivity index (χ2v) is 6.16. The van der Waals surface area contributed by atoms with E-state index in [4.69, 9.17) is 0 Å². The van der Waals surface area contributed by atoms with E-state index in [1.807, 2.05) is 0 Å². The quantitative estimate of drug-likeness (QED) is 0.655. The SMILES string of the molecule is CC(C)(C)N1CC[C@@H](N2CCCCC2)C1. The average molecular weight is 210 g/mol. The van der Waals surface area contributed by atoms with Gasteiger partial charge in [0.15, 0.2) is 0 Å². The van der Waals surface area contributed by atoms with Crippen molar-refractivity contribution in [2.45, 2.75) is 58.0 Å². The van der Waals surface area contributed by atoms with Gasteiger partial charge in [-0.15, -0.1) is 0 Å². The number of rotatable bonds is 1. The van der Waals surface area contributed by atoms with Crippen LogP contribution in [0.3, 0.4) is 0 Å². The van der Waals surface area contributed by atoms with Crippen molar-refractivity contribution in [1.29, 1.82) is 0 Å². The molecular formula is C13H26N2. The topological polar surface area (TPSA) is 6.48 Å². The van der Waals surface area contributed by atoms with Crippen LogP contribution in [-0.4, -0.2) is 47.6 Å². The Labute approximate surface area is 94.6 Å². The van der Waals surface area contributed by atoms with Gasteiger partial charge in [0.25, 0.3) is 0 Å². The zero-order valence-electron chi connectivity index (χ0n) is 10.6. The predicted molar refractivity (Wildman–Crippen MR) is 65.2 cm³/mol. The Hall–Kier alpha value is -0.0800. The smallest absolute Gasteiger partial charge is 0.0235 e. The monoisotopic (exact) mass is 210 g/mol. The summed E-state index contributed by atoms with van der Waals surface area (Å²) < 4.78 is 0. The van der Waals surface area contributed by atoms with E-state index in [1.54, 1.807) is 0 Å². The van der Waals surface area contributed by atoms with Crippen LogP contribution in [0, 0.1) is 0 Å². The standard InChI is InChI=1S/C13H26N2/c1-13(2,3)15-10-7-12(11-15)14-8-5-4-6-9-14/h12H,4-11H2,1-3H3/t12-/m1/s1. The lowest BCUT2D eigenvalue weighted by molar-refractivity contribution is 0.130. The Morgan fingerprint density at radius 1 is 0.933 bits per heavy atom. The van der Waals surface area contributed by atoms with Gasteiger partial charge in [-0.25, -0.2) is 0 Å². The number of piperidine rings is 1. The second-order valence-electron chi connectivity index (χ2n) is 6.16. The first-order valence-electron chi connectivity index (χ1n) is 6.56. The highest BCUT2D eigenvalue weighted by Gasteiger charge is 2.33. The molecular weight excluding hydrogens is 184 g/mol. The molecule has 0 amide bonds. The molecule has 2 heteroatoms. The van der Waals surface area contributed by atoms with Crippen LogP contribution in [0.25, 0.3) is 0 Å². The maximum absolute atomic E-state index is 2.73. The Balaban J connectivity index is 1.86. The van der Waals surface area contributed by atoms with Gasteiger partial charge < -0.3 is 0 Å². The van der Waals surface area contributed by atoms with Crippen LogP contribution in [0.5, 0.6) is 0 Å². The van der Waals surface area contributed by atoms with Gasteiger partial charge in [-0.2, -0.15) is 0 Å². The molecule has 2 heterocycles. The maximum atomic E-state index is 2.73. The largest absolute Gasteiger partial charge is 0.299 e. The molecule has 0 aromatic rings. The second kappa shape index (κ2) is 4.42. The molecule has 0 bridgehead atoms. The highest BCUT2D eigenvalue weighted by molar-refractivity contribution is 4.90. The average Bonchev–Trinajstić information content (AvgIpc) is 2.67. The van der Waals surface area contributed by atoms with Gasteiger partial charge in [-0.3, -0.25) is 9.80 Å². The van der Waals surface area contributed by atoms with Gasteiger partial charge in [-0.1, -0.05) is 6.42 Å². The van der Waals surface area contributed by atoms with Crippen LogP contribution >= 0.6 is 0 Å². The summed E-state index contributed by atoms with van der Waals surface area (Å²) in [6, 6.07) is 0.851. The molecule has 0 unspecified atom stereocenters. The third kappa shape index (κ3) is 2.73. The highest BCUT2D eigenvalue weighted by Crippen LogP contribution is 2.25. The molecule has 1 atom stereocenters. The lowest BCUT2D eigenvalue weighted by atomic mass is 10.1. The summed E-state index contributed by atoms with van der Waals surface area (Å²) in [5, 5.41) is 0. The summed E-state index contributed by atoms with van der Waals surface area (Å²) in [5.41, 5.74) is 0.366. The van der Waals surface area contributed by atoms with E-state index in [1.165, 1.54) is 51.9 Å². The highest BCUT2D eigenvalue weighted by atomic mass is 15.3. The number of likely N-dealkylation sites (tertiary alicyclic amines) is 2. The summed E-state index contributed by atoms with van der Waals surface area (Å²) in [5.74, 6) is 0. The molecule has 88 valence electrons. The summed E-state index contributed by atoms with van der Waals surface area (Å²) in [6.07, 6.45) is 5.68. The molecule has 15 heavy (non-hydrogen) atoms. The predicted octanol–water partition coefficient (Wildman–Crippen LogP) is 2.35. The molecule has 0 radical (unpaired) electrons.